The summed E-state index contributed by atoms with van der Waals surface area (Å²) in [4.78, 5) is 14.6. The number of nitrogens with zero attached hydrogens (tertiary/aromatic N) is 1. The summed E-state index contributed by atoms with van der Waals surface area (Å²) in [5, 5.41) is 3.53. The molecule has 1 aliphatic rings. The van der Waals surface area contributed by atoms with Crippen LogP contribution in [0.25, 0.3) is 0 Å². The van der Waals surface area contributed by atoms with Crippen molar-refractivity contribution in [2.75, 3.05) is 24.5 Å². The number of piperidine rings is 1. The number of para-hydroxylation sites is 1. The first kappa shape index (κ1) is 15.9. The van der Waals surface area contributed by atoms with Crippen LogP contribution in [-0.2, 0) is 0 Å². The van der Waals surface area contributed by atoms with Crippen LogP contribution in [0.15, 0.2) is 54.6 Å². The molecule has 1 aliphatic heterocycles. The number of hydrogen-bond donors (Lipinski definition) is 1. The maximum Gasteiger partial charge on any atom is 0.252 e. The minimum atomic E-state index is -0.0823. The van der Waals surface area contributed by atoms with Crippen LogP contribution in [0.2, 0.25) is 5.02 Å². The van der Waals surface area contributed by atoms with E-state index in [1.54, 1.807) is 12.1 Å². The van der Waals surface area contributed by atoms with Crippen LogP contribution < -0.4 is 10.2 Å². The third-order valence-corrected chi connectivity index (χ3v) is 4.74. The van der Waals surface area contributed by atoms with E-state index in [1.165, 1.54) is 5.69 Å². The standard InChI is InChI=1S/C19H21ClN2O/c20-18-9-5-4-8-17(18)19(23)21-14-15-10-12-22(13-11-15)16-6-2-1-3-7-16/h1-9,15H,10-14H2,(H,21,23). The maximum absolute atomic E-state index is 12.2. The summed E-state index contributed by atoms with van der Waals surface area (Å²) >= 11 is 6.06. The second-order valence-electron chi connectivity index (χ2n) is 5.96. The Balaban J connectivity index is 1.48. The minimum absolute atomic E-state index is 0.0823. The highest BCUT2D eigenvalue weighted by atomic mass is 35.5. The van der Waals surface area contributed by atoms with Gasteiger partial charge in [0.05, 0.1) is 10.6 Å². The second kappa shape index (κ2) is 7.51. The molecule has 2 aromatic carbocycles. The molecule has 3 rings (SSSR count). The quantitative estimate of drug-likeness (QED) is 0.920. The molecular weight excluding hydrogens is 308 g/mol. The number of halogens is 1. The summed E-state index contributed by atoms with van der Waals surface area (Å²) in [5.41, 5.74) is 1.84. The molecule has 0 unspecified atom stereocenters. The molecule has 0 aliphatic carbocycles. The number of benzene rings is 2. The van der Waals surface area contributed by atoms with E-state index in [-0.39, 0.29) is 5.91 Å². The van der Waals surface area contributed by atoms with E-state index in [2.05, 4.69) is 34.5 Å². The lowest BCUT2D eigenvalue weighted by Gasteiger charge is -2.33. The van der Waals surface area contributed by atoms with Gasteiger partial charge < -0.3 is 10.2 Å². The molecule has 1 N–H and O–H groups in total. The van der Waals surface area contributed by atoms with Crippen LogP contribution >= 0.6 is 11.6 Å². The van der Waals surface area contributed by atoms with E-state index in [9.17, 15) is 4.79 Å². The largest absolute Gasteiger partial charge is 0.372 e. The van der Waals surface area contributed by atoms with Gasteiger partial charge in [0.15, 0.2) is 0 Å². The smallest absolute Gasteiger partial charge is 0.252 e. The Morgan fingerprint density at radius 2 is 1.70 bits per heavy atom. The molecule has 120 valence electrons. The van der Waals surface area contributed by atoms with Gasteiger partial charge in [0.25, 0.3) is 5.91 Å². The Kier molecular flexibility index (Phi) is 5.19. The number of rotatable bonds is 4. The highest BCUT2D eigenvalue weighted by Gasteiger charge is 2.20. The van der Waals surface area contributed by atoms with E-state index in [1.807, 2.05) is 18.2 Å². The van der Waals surface area contributed by atoms with Crippen LogP contribution in [0.3, 0.4) is 0 Å². The number of anilines is 1. The molecule has 1 saturated heterocycles. The summed E-state index contributed by atoms with van der Waals surface area (Å²) in [6, 6.07) is 17.7. The van der Waals surface area contributed by atoms with Crippen molar-refractivity contribution in [3.63, 3.8) is 0 Å². The molecule has 2 aromatic rings. The fourth-order valence-corrected chi connectivity index (χ4v) is 3.23. The summed E-state index contributed by atoms with van der Waals surface area (Å²) in [6.45, 7) is 2.79. The van der Waals surface area contributed by atoms with Gasteiger partial charge >= 0.3 is 0 Å². The first-order chi connectivity index (χ1) is 11.2. The molecule has 23 heavy (non-hydrogen) atoms. The zero-order valence-electron chi connectivity index (χ0n) is 13.0. The molecule has 0 saturated carbocycles. The van der Waals surface area contributed by atoms with E-state index < -0.39 is 0 Å². The van der Waals surface area contributed by atoms with Gasteiger partial charge in [0.1, 0.15) is 0 Å². The van der Waals surface area contributed by atoms with Crippen molar-refractivity contribution in [3.8, 4) is 0 Å². The lowest BCUT2D eigenvalue weighted by molar-refractivity contribution is 0.0945. The normalized spacial score (nSPS) is 15.4. The van der Waals surface area contributed by atoms with Crippen LogP contribution in [0.4, 0.5) is 5.69 Å². The molecule has 0 spiro atoms. The Bertz CT molecular complexity index is 651. The number of carbonyl (C=O) groups is 1. The first-order valence-electron chi connectivity index (χ1n) is 8.07. The molecular formula is C19H21ClN2O. The van der Waals surface area contributed by atoms with Gasteiger partial charge in [0, 0.05) is 25.3 Å². The zero-order valence-corrected chi connectivity index (χ0v) is 13.8. The van der Waals surface area contributed by atoms with E-state index in [4.69, 9.17) is 11.6 Å². The number of amides is 1. The third kappa shape index (κ3) is 4.05. The van der Waals surface area contributed by atoms with Gasteiger partial charge in [-0.05, 0) is 43.0 Å². The van der Waals surface area contributed by atoms with Crippen molar-refractivity contribution in [1.82, 2.24) is 5.32 Å². The Hall–Kier alpha value is -2.00. The van der Waals surface area contributed by atoms with Crippen LogP contribution in [0.1, 0.15) is 23.2 Å². The number of hydrogen-bond acceptors (Lipinski definition) is 2. The zero-order chi connectivity index (χ0) is 16.1. The van der Waals surface area contributed by atoms with Crippen molar-refractivity contribution < 1.29 is 4.79 Å². The summed E-state index contributed by atoms with van der Waals surface area (Å²) in [7, 11) is 0. The predicted molar refractivity (Wildman–Crippen MR) is 95.2 cm³/mol. The average Bonchev–Trinajstić information content (AvgIpc) is 2.61. The summed E-state index contributed by atoms with van der Waals surface area (Å²) in [6.07, 6.45) is 2.19. The number of carbonyl (C=O) groups excluding carboxylic acids is 1. The van der Waals surface area contributed by atoms with Crippen molar-refractivity contribution in [1.29, 1.82) is 0 Å². The molecule has 0 aromatic heterocycles. The van der Waals surface area contributed by atoms with Crippen LogP contribution in [-0.4, -0.2) is 25.5 Å². The molecule has 0 radical (unpaired) electrons. The Morgan fingerprint density at radius 3 is 2.39 bits per heavy atom. The van der Waals surface area contributed by atoms with Crippen molar-refractivity contribution in [3.05, 3.63) is 65.2 Å². The topological polar surface area (TPSA) is 32.3 Å². The lowest BCUT2D eigenvalue weighted by atomic mass is 9.96. The SMILES string of the molecule is O=C(NCC1CCN(c2ccccc2)CC1)c1ccccc1Cl. The van der Waals surface area contributed by atoms with E-state index in [0.717, 1.165) is 25.9 Å². The second-order valence-corrected chi connectivity index (χ2v) is 6.36. The monoisotopic (exact) mass is 328 g/mol. The first-order valence-corrected chi connectivity index (χ1v) is 8.44. The van der Waals surface area contributed by atoms with E-state index in [0.29, 0.717) is 23.0 Å². The lowest BCUT2D eigenvalue weighted by Crippen LogP contribution is -2.38. The molecule has 4 heteroatoms. The van der Waals surface area contributed by atoms with Crippen LogP contribution in [0.5, 0.6) is 0 Å². The summed E-state index contributed by atoms with van der Waals surface area (Å²) < 4.78 is 0. The van der Waals surface area contributed by atoms with Gasteiger partial charge in [-0.2, -0.15) is 0 Å². The van der Waals surface area contributed by atoms with Gasteiger partial charge in [-0.25, -0.2) is 0 Å². The van der Waals surface area contributed by atoms with Gasteiger partial charge in [-0.1, -0.05) is 41.9 Å². The fraction of sp³-hybridized carbons (Fsp3) is 0.316. The van der Waals surface area contributed by atoms with Gasteiger partial charge in [-0.15, -0.1) is 0 Å². The third-order valence-electron chi connectivity index (χ3n) is 4.41. The number of nitrogens with one attached hydrogen (secondary N) is 1. The minimum Gasteiger partial charge on any atom is -0.372 e. The van der Waals surface area contributed by atoms with Crippen molar-refractivity contribution >= 4 is 23.2 Å². The highest BCUT2D eigenvalue weighted by Crippen LogP contribution is 2.23. The summed E-state index contributed by atoms with van der Waals surface area (Å²) in [5.74, 6) is 0.447. The van der Waals surface area contributed by atoms with Gasteiger partial charge in [0.2, 0.25) is 0 Å². The van der Waals surface area contributed by atoms with E-state index >= 15 is 0 Å². The predicted octanol–water partition coefficient (Wildman–Crippen LogP) is 3.99. The molecule has 0 bridgehead atoms. The van der Waals surface area contributed by atoms with Gasteiger partial charge in [-0.3, -0.25) is 4.79 Å². The van der Waals surface area contributed by atoms with Crippen molar-refractivity contribution in [2.24, 2.45) is 5.92 Å². The molecule has 1 amide bonds. The molecule has 1 heterocycles. The van der Waals surface area contributed by atoms with Crippen molar-refractivity contribution in [2.45, 2.75) is 12.8 Å². The Morgan fingerprint density at radius 1 is 1.04 bits per heavy atom. The molecule has 0 atom stereocenters. The molecule has 1 fully saturated rings. The average molecular weight is 329 g/mol. The fourth-order valence-electron chi connectivity index (χ4n) is 3.01. The maximum atomic E-state index is 12.2. The Labute approximate surface area is 142 Å². The molecule has 3 nitrogen and oxygen atoms in total. The van der Waals surface area contributed by atoms with Crippen LogP contribution in [0, 0.1) is 5.92 Å². The highest BCUT2D eigenvalue weighted by molar-refractivity contribution is 6.33.